The first-order valence-electron chi connectivity index (χ1n) is 6.99. The molecule has 1 atom stereocenters. The highest BCUT2D eigenvalue weighted by atomic mass is 35.5. The molecule has 0 aliphatic heterocycles. The van der Waals surface area contributed by atoms with E-state index in [4.69, 9.17) is 38.4 Å². The van der Waals surface area contributed by atoms with E-state index in [1.54, 1.807) is 0 Å². The minimum atomic E-state index is -3.18. The van der Waals surface area contributed by atoms with Crippen LogP contribution >= 0.6 is 23.2 Å². The number of hydrogen-bond donors (Lipinski definition) is 2. The molecule has 0 saturated carbocycles. The second kappa shape index (κ2) is 9.43. The van der Waals surface area contributed by atoms with Gasteiger partial charge in [0.2, 0.25) is 5.91 Å². The minimum Gasteiger partial charge on any atom is -0.488 e. The van der Waals surface area contributed by atoms with Gasteiger partial charge < -0.3 is 20.5 Å². The summed E-state index contributed by atoms with van der Waals surface area (Å²) in [5, 5.41) is 2.99. The van der Waals surface area contributed by atoms with Crippen LogP contribution in [0.2, 0.25) is 10.0 Å². The molecule has 7 nitrogen and oxygen atoms in total. The highest BCUT2D eigenvalue weighted by molar-refractivity contribution is 7.90. The molecule has 0 spiro atoms. The van der Waals surface area contributed by atoms with Crippen LogP contribution in [0.4, 0.5) is 5.69 Å². The third-order valence-corrected chi connectivity index (χ3v) is 4.47. The maximum absolute atomic E-state index is 12.0. The summed E-state index contributed by atoms with van der Waals surface area (Å²) in [5.74, 6) is -0.413. The van der Waals surface area contributed by atoms with Crippen molar-refractivity contribution in [3.63, 3.8) is 0 Å². The third-order valence-electron chi connectivity index (χ3n) is 2.94. The van der Waals surface area contributed by atoms with Gasteiger partial charge in [0.05, 0.1) is 28.4 Å². The molecule has 1 aromatic carbocycles. The first-order valence-corrected chi connectivity index (χ1v) is 9.80. The molecule has 24 heavy (non-hydrogen) atoms. The SMILES string of the molecule is COCCOc1c(Cl)cc(NC(=O)C(N)CCS(C)(=O)=O)cc1Cl. The molecule has 0 radical (unpaired) electrons. The lowest BCUT2D eigenvalue weighted by molar-refractivity contribution is -0.117. The van der Waals surface area contributed by atoms with E-state index >= 15 is 0 Å². The molecular formula is C14H20Cl2N2O5S. The topological polar surface area (TPSA) is 108 Å². The predicted octanol–water partition coefficient (Wildman–Crippen LogP) is 1.72. The van der Waals surface area contributed by atoms with Gasteiger partial charge >= 0.3 is 0 Å². The summed E-state index contributed by atoms with van der Waals surface area (Å²) in [6.45, 7) is 0.651. The van der Waals surface area contributed by atoms with Gasteiger partial charge in [0, 0.05) is 19.1 Å². The summed E-state index contributed by atoms with van der Waals surface area (Å²) < 4.78 is 32.5. The van der Waals surface area contributed by atoms with Crippen LogP contribution in [0.3, 0.4) is 0 Å². The van der Waals surface area contributed by atoms with Gasteiger partial charge in [-0.15, -0.1) is 0 Å². The van der Waals surface area contributed by atoms with Crippen molar-refractivity contribution in [3.05, 3.63) is 22.2 Å². The van der Waals surface area contributed by atoms with Crippen LogP contribution in [0.1, 0.15) is 6.42 Å². The maximum Gasteiger partial charge on any atom is 0.241 e. The molecule has 0 heterocycles. The summed E-state index contributed by atoms with van der Waals surface area (Å²) in [5.41, 5.74) is 6.02. The number of hydrogen-bond acceptors (Lipinski definition) is 6. The van der Waals surface area contributed by atoms with Gasteiger partial charge in [-0.25, -0.2) is 8.42 Å². The number of carbonyl (C=O) groups excluding carboxylic acids is 1. The van der Waals surface area contributed by atoms with Crippen molar-refractivity contribution in [3.8, 4) is 5.75 Å². The zero-order valence-electron chi connectivity index (χ0n) is 13.3. The highest BCUT2D eigenvalue weighted by Crippen LogP contribution is 2.36. The number of halogens is 2. The lowest BCUT2D eigenvalue weighted by atomic mass is 10.2. The zero-order valence-corrected chi connectivity index (χ0v) is 15.7. The summed E-state index contributed by atoms with van der Waals surface area (Å²) in [4.78, 5) is 12.0. The van der Waals surface area contributed by atoms with Crippen molar-refractivity contribution < 1.29 is 22.7 Å². The Kier molecular flexibility index (Phi) is 8.24. The lowest BCUT2D eigenvalue weighted by Crippen LogP contribution is -2.37. The fourth-order valence-electron chi connectivity index (χ4n) is 1.70. The van der Waals surface area contributed by atoms with Crippen molar-refractivity contribution in [2.24, 2.45) is 5.73 Å². The van der Waals surface area contributed by atoms with Crippen molar-refractivity contribution in [1.29, 1.82) is 0 Å². The van der Waals surface area contributed by atoms with E-state index in [0.29, 0.717) is 12.3 Å². The van der Waals surface area contributed by atoms with Crippen molar-refractivity contribution >= 4 is 44.6 Å². The van der Waals surface area contributed by atoms with Crippen LogP contribution in [0.25, 0.3) is 0 Å². The first-order chi connectivity index (χ1) is 11.1. The maximum atomic E-state index is 12.0. The predicted molar refractivity (Wildman–Crippen MR) is 94.8 cm³/mol. The fourth-order valence-corrected chi connectivity index (χ4v) is 2.98. The molecular weight excluding hydrogens is 379 g/mol. The van der Waals surface area contributed by atoms with Crippen LogP contribution in [0.15, 0.2) is 12.1 Å². The average molecular weight is 399 g/mol. The molecule has 1 aromatic rings. The Labute approximate surface area is 151 Å². The smallest absolute Gasteiger partial charge is 0.241 e. The summed E-state index contributed by atoms with van der Waals surface area (Å²) in [6.07, 6.45) is 1.10. The van der Waals surface area contributed by atoms with Gasteiger partial charge in [0.1, 0.15) is 16.4 Å². The van der Waals surface area contributed by atoms with Crippen LogP contribution in [0.5, 0.6) is 5.75 Å². The van der Waals surface area contributed by atoms with Crippen LogP contribution in [-0.4, -0.2) is 52.7 Å². The summed E-state index contributed by atoms with van der Waals surface area (Å²) in [7, 11) is -1.64. The number of nitrogens with two attached hydrogens (primary N) is 1. The molecule has 3 N–H and O–H groups in total. The number of nitrogens with one attached hydrogen (secondary N) is 1. The highest BCUT2D eigenvalue weighted by Gasteiger charge is 2.17. The molecule has 0 fully saturated rings. The number of rotatable bonds is 9. The quantitative estimate of drug-likeness (QED) is 0.613. The van der Waals surface area contributed by atoms with Crippen molar-refractivity contribution in [2.75, 3.05) is 37.6 Å². The monoisotopic (exact) mass is 398 g/mol. The minimum absolute atomic E-state index is 0.0182. The number of methoxy groups -OCH3 is 1. The van der Waals surface area contributed by atoms with E-state index in [1.807, 2.05) is 0 Å². The van der Waals surface area contributed by atoms with Gasteiger partial charge in [-0.1, -0.05) is 23.2 Å². The molecule has 1 amide bonds. The molecule has 136 valence electrons. The number of carbonyl (C=O) groups is 1. The van der Waals surface area contributed by atoms with Crippen molar-refractivity contribution in [2.45, 2.75) is 12.5 Å². The Morgan fingerprint density at radius 2 is 1.88 bits per heavy atom. The Bertz CT molecular complexity index is 659. The number of anilines is 1. The first kappa shape index (κ1) is 21.0. The molecule has 10 heteroatoms. The Hall–Kier alpha value is -1.06. The summed E-state index contributed by atoms with van der Waals surface area (Å²) >= 11 is 12.2. The standard InChI is InChI=1S/C14H20Cl2N2O5S/c1-22-4-5-23-13-10(15)7-9(8-11(13)16)18-14(19)12(17)3-6-24(2,20)21/h7-8,12H,3-6,17H2,1-2H3,(H,18,19). The van der Waals surface area contributed by atoms with Gasteiger partial charge in [0.15, 0.2) is 5.75 Å². The van der Waals surface area contributed by atoms with Gasteiger partial charge in [-0.3, -0.25) is 4.79 Å². The molecule has 0 aliphatic rings. The largest absolute Gasteiger partial charge is 0.488 e. The average Bonchev–Trinajstić information content (AvgIpc) is 2.46. The molecule has 0 aliphatic carbocycles. The number of amides is 1. The molecule has 0 saturated heterocycles. The number of sulfone groups is 1. The van der Waals surface area contributed by atoms with E-state index in [0.717, 1.165) is 6.26 Å². The Morgan fingerprint density at radius 3 is 2.38 bits per heavy atom. The lowest BCUT2D eigenvalue weighted by Gasteiger charge is -2.14. The van der Waals surface area contributed by atoms with E-state index in [-0.39, 0.29) is 34.6 Å². The Morgan fingerprint density at radius 1 is 1.29 bits per heavy atom. The normalized spacial score (nSPS) is 12.7. The molecule has 1 unspecified atom stereocenters. The van der Waals surface area contributed by atoms with Crippen molar-refractivity contribution in [1.82, 2.24) is 0 Å². The van der Waals surface area contributed by atoms with Gasteiger partial charge in [-0.2, -0.15) is 0 Å². The number of benzene rings is 1. The van der Waals surface area contributed by atoms with Gasteiger partial charge in [-0.05, 0) is 18.6 Å². The molecule has 1 rings (SSSR count). The van der Waals surface area contributed by atoms with E-state index < -0.39 is 21.8 Å². The van der Waals surface area contributed by atoms with E-state index in [9.17, 15) is 13.2 Å². The zero-order chi connectivity index (χ0) is 18.3. The van der Waals surface area contributed by atoms with Crippen LogP contribution < -0.4 is 15.8 Å². The second-order valence-corrected chi connectivity index (χ2v) is 8.20. The fraction of sp³-hybridized carbons (Fsp3) is 0.500. The van der Waals surface area contributed by atoms with Crippen LogP contribution in [-0.2, 0) is 19.4 Å². The van der Waals surface area contributed by atoms with E-state index in [2.05, 4.69) is 5.32 Å². The second-order valence-electron chi connectivity index (χ2n) is 5.12. The molecule has 0 bridgehead atoms. The number of ether oxygens (including phenoxy) is 2. The van der Waals surface area contributed by atoms with E-state index in [1.165, 1.54) is 19.2 Å². The summed E-state index contributed by atoms with van der Waals surface area (Å²) in [6, 6.07) is 1.97. The Balaban J connectivity index is 2.72. The van der Waals surface area contributed by atoms with Crippen LogP contribution in [0, 0.1) is 0 Å². The molecule has 0 aromatic heterocycles. The van der Waals surface area contributed by atoms with Gasteiger partial charge in [0.25, 0.3) is 0 Å². The third kappa shape index (κ3) is 7.23.